The standard InChI is InChI=1S/C45H63N3O14.C15H26N2O5.C14H8O4/c1-26(49)32-25-29-34(57-33(50)22-18-21-30(37(51)59-42(2,3)4)47(14)40(54)61-44(8,9)10)27-19-16-17-20-28(27)35(36(29)56-32)58-39(53)46-24-23-31(38(52)60-43(5,6)7)48(15)41(55)62-45(11,12)13;1-14(2,3)21-12(19)11(8-9-16-10-18)17(7)13(20)22-15(4,5)6;1-7(15)11-6-10-12(16)8-4-2-3-5-9(8)13(17)14(10)18-11/h16-17,19-20,25,30-31H,18,21-24H2,1-15H3,(H,46,53);11H,8-9H2,1-7H3;2-6H,1H3/t30-,31+;11-;/m10./s1. The molecule has 0 fully saturated rings. The molecular formula is C74H97N5O23. The third-order valence-corrected chi connectivity index (χ3v) is 13.9. The number of ketones is 4. The van der Waals surface area contributed by atoms with E-state index in [1.165, 1.54) is 58.1 Å². The molecule has 0 unspecified atom stereocenters. The van der Waals surface area contributed by atoms with Crippen molar-refractivity contribution in [3.8, 4) is 11.5 Å². The summed E-state index contributed by atoms with van der Waals surface area (Å²) in [5.41, 5.74) is -3.95. The third-order valence-electron chi connectivity index (χ3n) is 13.9. The van der Waals surface area contributed by atoms with Crippen LogP contribution >= 0.6 is 0 Å². The molecule has 0 aliphatic heterocycles. The van der Waals surface area contributed by atoms with Crippen LogP contribution in [0.1, 0.15) is 224 Å². The Morgan fingerprint density at radius 3 is 1.29 bits per heavy atom. The van der Waals surface area contributed by atoms with Crippen molar-refractivity contribution in [2.24, 2.45) is 4.99 Å². The van der Waals surface area contributed by atoms with Crippen LogP contribution in [-0.2, 0) is 52.4 Å². The topological polar surface area (TPSA) is 356 Å². The van der Waals surface area contributed by atoms with Crippen molar-refractivity contribution < 1.29 is 109 Å². The molecule has 3 atom stereocenters. The largest absolute Gasteiger partial charge is 0.458 e. The smallest absolute Gasteiger partial charge is 0.412 e. The molecule has 2 heterocycles. The van der Waals surface area contributed by atoms with Crippen LogP contribution in [0, 0.1) is 0 Å². The molecule has 556 valence electrons. The lowest BCUT2D eigenvalue weighted by Gasteiger charge is -2.31. The molecule has 0 bridgehead atoms. The normalized spacial score (nSPS) is 13.0. The molecule has 28 nitrogen and oxygen atoms in total. The molecule has 5 aromatic rings. The number of nitrogens with zero attached hydrogens (tertiary/aromatic N) is 4. The van der Waals surface area contributed by atoms with Gasteiger partial charge in [0.1, 0.15) is 57.5 Å². The molecule has 3 aromatic carbocycles. The summed E-state index contributed by atoms with van der Waals surface area (Å²) in [5.74, 6) is -4.20. The molecular weight excluding hydrogens is 1330 g/mol. The van der Waals surface area contributed by atoms with Crippen LogP contribution < -0.4 is 14.8 Å². The van der Waals surface area contributed by atoms with Gasteiger partial charge in [0.2, 0.25) is 11.9 Å². The Balaban J connectivity index is 0.000000441. The van der Waals surface area contributed by atoms with Gasteiger partial charge in [0.25, 0.3) is 0 Å². The minimum atomic E-state index is -1.14. The average Bonchev–Trinajstić information content (AvgIpc) is 1.54. The number of carbonyl (C=O) groups is 12. The maximum atomic E-state index is 13.5. The minimum absolute atomic E-state index is 0.0320. The fourth-order valence-corrected chi connectivity index (χ4v) is 9.49. The van der Waals surface area contributed by atoms with Gasteiger partial charge in [-0.2, -0.15) is 0 Å². The van der Waals surface area contributed by atoms with Crippen LogP contribution in [0.4, 0.5) is 19.2 Å². The summed E-state index contributed by atoms with van der Waals surface area (Å²) in [6.45, 7) is 33.3. The van der Waals surface area contributed by atoms with Gasteiger partial charge < -0.3 is 52.0 Å². The Labute approximate surface area is 593 Å². The molecule has 2 aromatic heterocycles. The van der Waals surface area contributed by atoms with Crippen molar-refractivity contribution in [3.63, 3.8) is 0 Å². The summed E-state index contributed by atoms with van der Waals surface area (Å²) in [6, 6.07) is 12.8. The first-order chi connectivity index (χ1) is 46.8. The second-order valence-corrected chi connectivity index (χ2v) is 29.9. The highest BCUT2D eigenvalue weighted by molar-refractivity contribution is 6.28. The lowest BCUT2D eigenvalue weighted by Crippen LogP contribution is -2.48. The summed E-state index contributed by atoms with van der Waals surface area (Å²) < 4.78 is 55.4. The third kappa shape index (κ3) is 25.4. The highest BCUT2D eigenvalue weighted by Crippen LogP contribution is 2.45. The van der Waals surface area contributed by atoms with Gasteiger partial charge >= 0.3 is 48.3 Å². The van der Waals surface area contributed by atoms with E-state index in [0.29, 0.717) is 21.9 Å². The lowest BCUT2D eigenvalue weighted by molar-refractivity contribution is -0.162. The number of rotatable bonds is 20. The van der Waals surface area contributed by atoms with Gasteiger partial charge in [-0.15, -0.1) is 0 Å². The van der Waals surface area contributed by atoms with Crippen molar-refractivity contribution >= 4 is 99.2 Å². The first kappa shape index (κ1) is 84.2. The zero-order valence-corrected chi connectivity index (χ0v) is 62.6. The van der Waals surface area contributed by atoms with Gasteiger partial charge in [0.15, 0.2) is 46.0 Å². The molecule has 1 aliphatic rings. The van der Waals surface area contributed by atoms with Gasteiger partial charge in [0.05, 0.1) is 17.5 Å². The zero-order valence-electron chi connectivity index (χ0n) is 62.6. The van der Waals surface area contributed by atoms with E-state index >= 15 is 0 Å². The second kappa shape index (κ2) is 34.4. The van der Waals surface area contributed by atoms with E-state index in [1.54, 1.807) is 173 Å². The van der Waals surface area contributed by atoms with Crippen LogP contribution in [0.5, 0.6) is 11.5 Å². The number of benzene rings is 3. The number of amides is 4. The van der Waals surface area contributed by atoms with Gasteiger partial charge in [-0.3, -0.25) is 38.7 Å². The van der Waals surface area contributed by atoms with Crippen molar-refractivity contribution in [1.82, 2.24) is 20.0 Å². The summed E-state index contributed by atoms with van der Waals surface area (Å²) in [5, 5.41) is 3.39. The monoisotopic (exact) mass is 1420 g/mol. The van der Waals surface area contributed by atoms with E-state index in [9.17, 15) is 62.3 Å². The second-order valence-electron chi connectivity index (χ2n) is 29.9. The zero-order chi connectivity index (χ0) is 77.5. The molecule has 1 aliphatic carbocycles. The number of isocyanates is 1. The van der Waals surface area contributed by atoms with Crippen molar-refractivity contribution in [1.29, 1.82) is 0 Å². The maximum absolute atomic E-state index is 13.5. The summed E-state index contributed by atoms with van der Waals surface area (Å²) in [6.07, 6.45) is -1.67. The van der Waals surface area contributed by atoms with Crippen molar-refractivity contribution in [3.05, 3.63) is 94.6 Å². The van der Waals surface area contributed by atoms with E-state index in [0.717, 1.165) is 9.80 Å². The Kier molecular flexibility index (Phi) is 28.4. The SMILES string of the molecule is CC(=O)c1cc2c(OC(=O)CCC[C@H](C(=O)OC(C)(C)C)N(C)C(=O)OC(C)(C)C)c3ccccc3c(OC(=O)NCC[C@@H](C(=O)OC(C)(C)C)N(C)C(=O)OC(C)(C)C)c2o1.CC(=O)c1cc2c(o1)C(=O)c1ccccc1C2=O.CN(C(=O)OC(C)(C)C)[C@@H](CCN=C=O)C(=O)OC(C)(C)C. The molecule has 0 saturated heterocycles. The predicted molar refractivity (Wildman–Crippen MR) is 372 cm³/mol. The van der Waals surface area contributed by atoms with Crippen LogP contribution in [0.3, 0.4) is 0 Å². The summed E-state index contributed by atoms with van der Waals surface area (Å²) in [4.78, 5) is 169. The van der Waals surface area contributed by atoms with Gasteiger partial charge in [-0.1, -0.05) is 48.5 Å². The first-order valence-electron chi connectivity index (χ1n) is 32.9. The highest BCUT2D eigenvalue weighted by atomic mass is 16.6. The number of furan rings is 2. The number of Topliss-reactive ketones (excluding diaryl/α,β-unsaturated/α-hetero) is 2. The van der Waals surface area contributed by atoms with Gasteiger partial charge in [0, 0.05) is 69.9 Å². The van der Waals surface area contributed by atoms with Crippen LogP contribution in [0.25, 0.3) is 21.7 Å². The van der Waals surface area contributed by atoms with Crippen LogP contribution in [0.2, 0.25) is 0 Å². The predicted octanol–water partition coefficient (Wildman–Crippen LogP) is 13.0. The fourth-order valence-electron chi connectivity index (χ4n) is 9.49. The number of hydrogen-bond acceptors (Lipinski definition) is 24. The Morgan fingerprint density at radius 2 is 0.873 bits per heavy atom. The van der Waals surface area contributed by atoms with Gasteiger partial charge in [-0.25, -0.2) is 43.3 Å². The number of likely N-dealkylation sites (N-methyl/N-ethyl adjacent to an activating group) is 3. The molecule has 6 rings (SSSR count). The molecule has 102 heavy (non-hydrogen) atoms. The first-order valence-corrected chi connectivity index (χ1v) is 32.9. The minimum Gasteiger partial charge on any atom is -0.458 e. The van der Waals surface area contributed by atoms with Crippen molar-refractivity contribution in [2.45, 2.75) is 222 Å². The van der Waals surface area contributed by atoms with E-state index in [1.807, 2.05) is 0 Å². The lowest BCUT2D eigenvalue weighted by atomic mass is 9.88. The molecule has 4 amide bonds. The van der Waals surface area contributed by atoms with Crippen LogP contribution in [0.15, 0.2) is 74.5 Å². The number of esters is 4. The van der Waals surface area contributed by atoms with E-state index < -0.39 is 106 Å². The Morgan fingerprint density at radius 1 is 0.480 bits per heavy atom. The van der Waals surface area contributed by atoms with Gasteiger partial charge in [-0.05, 0) is 162 Å². The number of hydrogen-bond donors (Lipinski definition) is 1. The molecule has 1 N–H and O–H groups in total. The average molecular weight is 1420 g/mol. The number of carbonyl (C=O) groups excluding carboxylic acids is 13. The fraction of sp³-hybridized carbons (Fsp3) is 0.527. The Bertz CT molecular complexity index is 3800. The number of fused-ring (bicyclic) bond motifs is 4. The number of aliphatic imine (C=N–C) groups is 1. The van der Waals surface area contributed by atoms with Crippen molar-refractivity contribution in [2.75, 3.05) is 34.2 Å². The molecule has 28 heteroatoms. The van der Waals surface area contributed by atoms with E-state index in [4.69, 9.17) is 46.7 Å². The summed E-state index contributed by atoms with van der Waals surface area (Å²) >= 11 is 0. The van der Waals surface area contributed by atoms with E-state index in [-0.39, 0.29) is 108 Å². The quantitative estimate of drug-likeness (QED) is 0.0185. The maximum Gasteiger partial charge on any atom is 0.412 e. The highest BCUT2D eigenvalue weighted by Gasteiger charge is 2.39. The van der Waals surface area contributed by atoms with E-state index in [2.05, 4.69) is 10.3 Å². The molecule has 0 radical (unpaired) electrons. The van der Waals surface area contributed by atoms with Crippen LogP contribution in [-0.4, -0.2) is 178 Å². The summed E-state index contributed by atoms with van der Waals surface area (Å²) in [7, 11) is 4.27. The Hall–Kier alpha value is -10.2. The number of nitrogens with one attached hydrogen (secondary N) is 1. The number of ether oxygens (including phenoxy) is 8. The molecule has 0 saturated carbocycles. The molecule has 0 spiro atoms.